The summed E-state index contributed by atoms with van der Waals surface area (Å²) in [7, 11) is 0. The van der Waals surface area contributed by atoms with Crippen molar-refractivity contribution in [3.63, 3.8) is 0 Å². The smallest absolute Gasteiger partial charge is 0.226 e. The third-order valence-corrected chi connectivity index (χ3v) is 6.50. The molecule has 5 rings (SSSR count). The van der Waals surface area contributed by atoms with E-state index in [-0.39, 0.29) is 11.5 Å². The van der Waals surface area contributed by atoms with Gasteiger partial charge in [0.15, 0.2) is 0 Å². The number of hydrogen-bond acceptors (Lipinski definition) is 3. The van der Waals surface area contributed by atoms with Crippen molar-refractivity contribution in [2.24, 2.45) is 29.1 Å². The Bertz CT molecular complexity index is 530. The van der Waals surface area contributed by atoms with E-state index in [1.54, 1.807) is 6.20 Å². The molecule has 0 saturated heterocycles. The van der Waals surface area contributed by atoms with E-state index < -0.39 is 0 Å². The Morgan fingerprint density at radius 1 is 1.22 bits per heavy atom. The summed E-state index contributed by atoms with van der Waals surface area (Å²) in [5.74, 6) is 3.12. The van der Waals surface area contributed by atoms with Crippen molar-refractivity contribution in [3.05, 3.63) is 12.4 Å². The Balaban J connectivity index is 1.47. The summed E-state index contributed by atoms with van der Waals surface area (Å²) >= 11 is 0. The van der Waals surface area contributed by atoms with E-state index in [2.05, 4.69) is 29.5 Å². The quantitative estimate of drug-likeness (QED) is 0.908. The van der Waals surface area contributed by atoms with E-state index >= 15 is 0 Å². The van der Waals surface area contributed by atoms with Crippen LogP contribution in [-0.2, 0) is 11.3 Å². The zero-order valence-electron chi connectivity index (χ0n) is 14.2. The van der Waals surface area contributed by atoms with Crippen molar-refractivity contribution in [2.45, 2.75) is 65.0 Å². The first-order valence-corrected chi connectivity index (χ1v) is 9.19. The minimum absolute atomic E-state index is 0.0652. The highest BCUT2D eigenvalue weighted by molar-refractivity contribution is 5.83. The van der Waals surface area contributed by atoms with Gasteiger partial charge in [0.2, 0.25) is 5.91 Å². The van der Waals surface area contributed by atoms with E-state index in [9.17, 15) is 4.79 Å². The summed E-state index contributed by atoms with van der Waals surface area (Å²) in [5.41, 5.74) is -0.0652. The van der Waals surface area contributed by atoms with Crippen molar-refractivity contribution >= 4 is 5.91 Å². The number of amides is 1. The van der Waals surface area contributed by atoms with Crippen LogP contribution in [0.5, 0.6) is 0 Å². The summed E-state index contributed by atoms with van der Waals surface area (Å²) in [6.07, 6.45) is 11.1. The normalized spacial score (nSPS) is 36.4. The number of aromatic nitrogens is 3. The van der Waals surface area contributed by atoms with Gasteiger partial charge in [-0.3, -0.25) is 9.48 Å². The number of carbonyl (C=O) groups is 1. The number of nitrogens with one attached hydrogen (secondary N) is 1. The molecule has 1 heterocycles. The molecule has 23 heavy (non-hydrogen) atoms. The first-order chi connectivity index (χ1) is 11.0. The van der Waals surface area contributed by atoms with Crippen molar-refractivity contribution in [3.8, 4) is 0 Å². The van der Waals surface area contributed by atoms with Crippen LogP contribution < -0.4 is 5.32 Å². The molecule has 0 radical (unpaired) electrons. The van der Waals surface area contributed by atoms with Crippen LogP contribution >= 0.6 is 0 Å². The van der Waals surface area contributed by atoms with E-state index in [0.717, 1.165) is 37.0 Å². The standard InChI is InChI=1S/C18H28N4O/c1-12(2)16(11-22-4-3-19-21-22)20-17(23)18-8-13-5-14(9-18)7-15(6-13)10-18/h3-4,12-16H,5-11H2,1-2H3,(H,20,23). The third-order valence-electron chi connectivity index (χ3n) is 6.50. The molecule has 1 atom stereocenters. The van der Waals surface area contributed by atoms with Gasteiger partial charge in [0.1, 0.15) is 0 Å². The number of nitrogens with zero attached hydrogens (tertiary/aromatic N) is 3. The summed E-state index contributed by atoms with van der Waals surface area (Å²) in [6, 6.07) is 0.122. The first kappa shape index (κ1) is 15.2. The van der Waals surface area contributed by atoms with Crippen LogP contribution in [0.3, 0.4) is 0 Å². The number of rotatable bonds is 5. The largest absolute Gasteiger partial charge is 0.351 e. The fourth-order valence-electron chi connectivity index (χ4n) is 5.66. The molecule has 1 N–H and O–H groups in total. The maximum Gasteiger partial charge on any atom is 0.226 e. The van der Waals surface area contributed by atoms with E-state index in [1.807, 2.05) is 10.9 Å². The Morgan fingerprint density at radius 2 is 1.83 bits per heavy atom. The van der Waals surface area contributed by atoms with Gasteiger partial charge in [-0.2, -0.15) is 0 Å². The van der Waals surface area contributed by atoms with Crippen molar-refractivity contribution in [1.29, 1.82) is 0 Å². The minimum atomic E-state index is -0.0652. The first-order valence-electron chi connectivity index (χ1n) is 9.19. The molecule has 126 valence electrons. The number of carbonyl (C=O) groups excluding carboxylic acids is 1. The lowest BCUT2D eigenvalue weighted by Crippen LogP contribution is -2.56. The van der Waals surface area contributed by atoms with Crippen LogP contribution in [0, 0.1) is 29.1 Å². The highest BCUT2D eigenvalue weighted by atomic mass is 16.2. The van der Waals surface area contributed by atoms with Gasteiger partial charge < -0.3 is 5.32 Å². The molecule has 1 unspecified atom stereocenters. The van der Waals surface area contributed by atoms with Crippen molar-refractivity contribution < 1.29 is 4.79 Å². The van der Waals surface area contributed by atoms with Gasteiger partial charge in [-0.1, -0.05) is 19.1 Å². The molecule has 0 aromatic carbocycles. The predicted octanol–water partition coefficient (Wildman–Crippen LogP) is 2.64. The van der Waals surface area contributed by atoms with Gasteiger partial charge in [0.25, 0.3) is 0 Å². The molecule has 4 saturated carbocycles. The number of hydrogen-bond donors (Lipinski definition) is 1. The molecule has 0 aliphatic heterocycles. The topological polar surface area (TPSA) is 59.8 Å². The van der Waals surface area contributed by atoms with Gasteiger partial charge in [-0.25, -0.2) is 0 Å². The van der Waals surface area contributed by atoms with Crippen LogP contribution in [0.4, 0.5) is 0 Å². The predicted molar refractivity (Wildman–Crippen MR) is 87.4 cm³/mol. The lowest BCUT2D eigenvalue weighted by atomic mass is 9.49. The molecule has 4 bridgehead atoms. The Hall–Kier alpha value is -1.39. The van der Waals surface area contributed by atoms with Gasteiger partial charge in [-0.15, -0.1) is 5.10 Å². The SMILES string of the molecule is CC(C)C(Cn1ccnn1)NC(=O)C12CC3CC(CC(C3)C1)C2. The zero-order valence-corrected chi connectivity index (χ0v) is 14.2. The van der Waals surface area contributed by atoms with E-state index in [1.165, 1.54) is 19.3 Å². The molecule has 1 aromatic heterocycles. The zero-order chi connectivity index (χ0) is 16.0. The average Bonchev–Trinajstić information content (AvgIpc) is 2.98. The fraction of sp³-hybridized carbons (Fsp3) is 0.833. The fourth-order valence-corrected chi connectivity index (χ4v) is 5.66. The Morgan fingerprint density at radius 3 is 2.30 bits per heavy atom. The lowest BCUT2D eigenvalue weighted by Gasteiger charge is -2.56. The summed E-state index contributed by atoms with van der Waals surface area (Å²) in [5, 5.41) is 11.3. The highest BCUT2D eigenvalue weighted by Crippen LogP contribution is 2.60. The van der Waals surface area contributed by atoms with Gasteiger partial charge in [0.05, 0.1) is 18.8 Å². The van der Waals surface area contributed by atoms with Crippen LogP contribution in [0.1, 0.15) is 52.4 Å². The molecule has 4 aliphatic rings. The maximum atomic E-state index is 13.2. The molecule has 5 nitrogen and oxygen atoms in total. The van der Waals surface area contributed by atoms with Gasteiger partial charge >= 0.3 is 0 Å². The molecule has 4 fully saturated rings. The van der Waals surface area contributed by atoms with Crippen LogP contribution in [-0.4, -0.2) is 26.9 Å². The molecule has 1 aromatic rings. The van der Waals surface area contributed by atoms with E-state index in [4.69, 9.17) is 0 Å². The van der Waals surface area contributed by atoms with Gasteiger partial charge in [-0.05, 0) is 62.2 Å². The van der Waals surface area contributed by atoms with E-state index in [0.29, 0.717) is 18.4 Å². The highest BCUT2D eigenvalue weighted by Gasteiger charge is 2.54. The Kier molecular flexibility index (Phi) is 3.69. The lowest BCUT2D eigenvalue weighted by molar-refractivity contribution is -0.147. The molecule has 0 spiro atoms. The third kappa shape index (κ3) is 2.79. The monoisotopic (exact) mass is 316 g/mol. The Labute approximate surface area is 138 Å². The van der Waals surface area contributed by atoms with Crippen molar-refractivity contribution in [2.75, 3.05) is 0 Å². The summed E-state index contributed by atoms with van der Waals surface area (Å²) in [4.78, 5) is 13.2. The minimum Gasteiger partial charge on any atom is -0.351 e. The molecule has 5 heteroatoms. The summed E-state index contributed by atoms with van der Waals surface area (Å²) < 4.78 is 1.82. The van der Waals surface area contributed by atoms with Gasteiger partial charge in [0, 0.05) is 11.6 Å². The van der Waals surface area contributed by atoms with Crippen molar-refractivity contribution in [1.82, 2.24) is 20.3 Å². The second-order valence-corrected chi connectivity index (χ2v) is 8.65. The summed E-state index contributed by atoms with van der Waals surface area (Å²) in [6.45, 7) is 5.04. The van der Waals surface area contributed by atoms with Crippen LogP contribution in [0.2, 0.25) is 0 Å². The molecule has 4 aliphatic carbocycles. The molecular weight excluding hydrogens is 288 g/mol. The molecule has 1 amide bonds. The second kappa shape index (κ2) is 5.60. The second-order valence-electron chi connectivity index (χ2n) is 8.65. The maximum absolute atomic E-state index is 13.2. The van der Waals surface area contributed by atoms with Crippen LogP contribution in [0.25, 0.3) is 0 Å². The van der Waals surface area contributed by atoms with Crippen LogP contribution in [0.15, 0.2) is 12.4 Å². The molecular formula is C18H28N4O. The average molecular weight is 316 g/mol.